The molecule has 9 heteroatoms. The van der Waals surface area contributed by atoms with Crippen molar-refractivity contribution < 1.29 is 18.3 Å². The van der Waals surface area contributed by atoms with E-state index in [-0.39, 0.29) is 12.5 Å². The largest absolute Gasteiger partial charge is 0.496 e. The van der Waals surface area contributed by atoms with Crippen LogP contribution in [-0.2, 0) is 11.5 Å². The molecule has 0 atom stereocenters. The van der Waals surface area contributed by atoms with E-state index in [0.717, 1.165) is 18.2 Å². The van der Waals surface area contributed by atoms with Crippen LogP contribution in [0.3, 0.4) is 0 Å². The molecule has 4 nitrogen and oxygen atoms in total. The zero-order chi connectivity index (χ0) is 21.3. The summed E-state index contributed by atoms with van der Waals surface area (Å²) in [6, 6.07) is 3.17. The van der Waals surface area contributed by atoms with Crippen molar-refractivity contribution in [1.82, 2.24) is 9.55 Å². The van der Waals surface area contributed by atoms with Gasteiger partial charge in [0.05, 0.1) is 16.6 Å². The molecule has 3 rings (SSSR count). The number of methoxy groups -OCH3 is 1. The quantitative estimate of drug-likeness (QED) is 0.265. The van der Waals surface area contributed by atoms with Crippen LogP contribution in [0.2, 0.25) is 30.7 Å². The van der Waals surface area contributed by atoms with Crippen LogP contribution >= 0.6 is 27.5 Å². The summed E-state index contributed by atoms with van der Waals surface area (Å²) in [6.07, 6.45) is 3.38. The predicted octanol–water partition coefficient (Wildman–Crippen LogP) is 6.72. The lowest BCUT2D eigenvalue weighted by Crippen LogP contribution is -2.22. The lowest BCUT2D eigenvalue weighted by Gasteiger charge is -2.15. The second kappa shape index (κ2) is 8.71. The number of fused-ring (bicyclic) bond motifs is 1. The number of rotatable bonds is 7. The summed E-state index contributed by atoms with van der Waals surface area (Å²) < 4.78 is 41.3. The van der Waals surface area contributed by atoms with Gasteiger partial charge < -0.3 is 14.0 Å². The summed E-state index contributed by atoms with van der Waals surface area (Å²) >= 11 is 9.92. The fourth-order valence-electron chi connectivity index (χ4n) is 2.95. The third-order valence-electron chi connectivity index (χ3n) is 4.54. The number of nitrogens with zero attached hydrogens (tertiary/aromatic N) is 2. The summed E-state index contributed by atoms with van der Waals surface area (Å²) in [4.78, 5) is 4.46. The van der Waals surface area contributed by atoms with Gasteiger partial charge in [0.2, 0.25) is 0 Å². The Hall–Kier alpha value is -1.48. The molecular formula is C20H22BrClF2N2O2Si. The number of ether oxygens (including phenoxy) is 2. The van der Waals surface area contributed by atoms with Gasteiger partial charge in [-0.1, -0.05) is 31.2 Å². The van der Waals surface area contributed by atoms with Crippen LogP contribution in [0.5, 0.6) is 5.75 Å². The molecule has 2 heterocycles. The van der Waals surface area contributed by atoms with Gasteiger partial charge in [0.15, 0.2) is 11.6 Å². The summed E-state index contributed by atoms with van der Waals surface area (Å²) in [5.41, 5.74) is 1.57. The van der Waals surface area contributed by atoms with Gasteiger partial charge in [0.25, 0.3) is 0 Å². The molecule has 0 aliphatic rings. The number of halogens is 4. The van der Waals surface area contributed by atoms with E-state index < -0.39 is 19.7 Å². The van der Waals surface area contributed by atoms with E-state index in [1.807, 2.05) is 4.57 Å². The van der Waals surface area contributed by atoms with Gasteiger partial charge >= 0.3 is 0 Å². The third kappa shape index (κ3) is 4.82. The monoisotopic (exact) mass is 502 g/mol. The Morgan fingerprint density at radius 1 is 1.17 bits per heavy atom. The van der Waals surface area contributed by atoms with Crippen LogP contribution in [0.15, 0.2) is 29.0 Å². The van der Waals surface area contributed by atoms with Crippen molar-refractivity contribution in [1.29, 1.82) is 0 Å². The Kier molecular flexibility index (Phi) is 6.67. The second-order valence-electron chi connectivity index (χ2n) is 7.95. The molecule has 0 fully saturated rings. The van der Waals surface area contributed by atoms with E-state index in [0.29, 0.717) is 38.3 Å². The molecule has 3 aromatic rings. The van der Waals surface area contributed by atoms with Crippen LogP contribution in [-0.4, -0.2) is 31.3 Å². The molecule has 0 spiro atoms. The highest BCUT2D eigenvalue weighted by Gasteiger charge is 2.21. The Balaban J connectivity index is 2.09. The number of pyridine rings is 1. The predicted molar refractivity (Wildman–Crippen MR) is 118 cm³/mol. The molecule has 0 radical (unpaired) electrons. The average molecular weight is 504 g/mol. The van der Waals surface area contributed by atoms with Crippen LogP contribution in [0.25, 0.3) is 22.2 Å². The van der Waals surface area contributed by atoms with E-state index in [1.54, 1.807) is 12.4 Å². The van der Waals surface area contributed by atoms with Crippen molar-refractivity contribution in [3.05, 3.63) is 45.7 Å². The Bertz CT molecular complexity index is 1050. The first-order valence-electron chi connectivity index (χ1n) is 9.06. The Labute approximate surface area is 182 Å². The highest BCUT2D eigenvalue weighted by Crippen LogP contribution is 2.42. The first-order valence-corrected chi connectivity index (χ1v) is 13.9. The molecule has 2 aromatic heterocycles. The molecular weight excluding hydrogens is 482 g/mol. The smallest absolute Gasteiger partial charge is 0.162 e. The minimum Gasteiger partial charge on any atom is -0.496 e. The van der Waals surface area contributed by atoms with Crippen molar-refractivity contribution >= 4 is 46.6 Å². The molecule has 0 aliphatic heterocycles. The summed E-state index contributed by atoms with van der Waals surface area (Å²) in [5, 5.41) is 1.04. The zero-order valence-electron chi connectivity index (χ0n) is 16.7. The first kappa shape index (κ1) is 22.2. The maximum Gasteiger partial charge on any atom is 0.162 e. The SMILES string of the molecule is COc1cc(F)c(F)cc1-c1cn(COCC[Si](C)(C)C)c2ncc(Br)c(Cl)c12. The summed E-state index contributed by atoms with van der Waals surface area (Å²) in [6.45, 7) is 7.77. The van der Waals surface area contributed by atoms with Crippen LogP contribution < -0.4 is 4.74 Å². The summed E-state index contributed by atoms with van der Waals surface area (Å²) in [7, 11) is 0.199. The number of benzene rings is 1. The van der Waals surface area contributed by atoms with Crippen LogP contribution in [0, 0.1) is 11.6 Å². The molecule has 156 valence electrons. The topological polar surface area (TPSA) is 36.3 Å². The molecule has 0 bridgehead atoms. The maximum atomic E-state index is 14.0. The number of hydrogen-bond donors (Lipinski definition) is 0. The van der Waals surface area contributed by atoms with Gasteiger partial charge in [0, 0.05) is 49.7 Å². The fourth-order valence-corrected chi connectivity index (χ4v) is 4.24. The van der Waals surface area contributed by atoms with E-state index in [4.69, 9.17) is 21.1 Å². The van der Waals surface area contributed by atoms with Gasteiger partial charge in [-0.3, -0.25) is 0 Å². The van der Waals surface area contributed by atoms with Gasteiger partial charge in [-0.05, 0) is 28.0 Å². The van der Waals surface area contributed by atoms with Crippen LogP contribution in [0.1, 0.15) is 0 Å². The molecule has 0 unspecified atom stereocenters. The van der Waals surface area contributed by atoms with E-state index in [9.17, 15) is 8.78 Å². The van der Waals surface area contributed by atoms with Crippen molar-refractivity contribution in [2.24, 2.45) is 0 Å². The van der Waals surface area contributed by atoms with Gasteiger partial charge in [-0.15, -0.1) is 0 Å². The fraction of sp³-hybridized carbons (Fsp3) is 0.350. The molecule has 0 aliphatic carbocycles. The van der Waals surface area contributed by atoms with Crippen molar-refractivity contribution in [3.8, 4) is 16.9 Å². The first-order chi connectivity index (χ1) is 13.6. The Morgan fingerprint density at radius 3 is 2.52 bits per heavy atom. The zero-order valence-corrected chi connectivity index (χ0v) is 20.0. The highest BCUT2D eigenvalue weighted by molar-refractivity contribution is 9.10. The molecule has 0 amide bonds. The molecule has 1 aromatic carbocycles. The Morgan fingerprint density at radius 2 is 1.86 bits per heavy atom. The molecule has 0 saturated carbocycles. The van der Waals surface area contributed by atoms with Crippen molar-refractivity contribution in [2.45, 2.75) is 32.4 Å². The van der Waals surface area contributed by atoms with Crippen LogP contribution in [0.4, 0.5) is 8.78 Å². The van der Waals surface area contributed by atoms with Gasteiger partial charge in [0.1, 0.15) is 18.1 Å². The van der Waals surface area contributed by atoms with Gasteiger partial charge in [-0.25, -0.2) is 13.8 Å². The van der Waals surface area contributed by atoms with Gasteiger partial charge in [-0.2, -0.15) is 0 Å². The standard InChI is InChI=1S/C20H22BrClF2N2O2Si/c1-27-17-8-16(24)15(23)7-12(17)13-10-26(11-28-5-6-29(2,3)4)20-18(13)19(22)14(21)9-25-20/h7-10H,5-6,11H2,1-4H3. The van der Waals surface area contributed by atoms with E-state index >= 15 is 0 Å². The summed E-state index contributed by atoms with van der Waals surface area (Å²) in [5.74, 6) is -1.74. The molecule has 29 heavy (non-hydrogen) atoms. The lowest BCUT2D eigenvalue weighted by molar-refractivity contribution is 0.0899. The third-order valence-corrected chi connectivity index (χ3v) is 7.46. The van der Waals surface area contributed by atoms with Crippen molar-refractivity contribution in [2.75, 3.05) is 13.7 Å². The van der Waals surface area contributed by atoms with Crippen molar-refractivity contribution in [3.63, 3.8) is 0 Å². The van der Waals surface area contributed by atoms with E-state index in [2.05, 4.69) is 40.6 Å². The molecule has 0 saturated heterocycles. The second-order valence-corrected chi connectivity index (χ2v) is 14.8. The highest BCUT2D eigenvalue weighted by atomic mass is 79.9. The van der Waals surface area contributed by atoms with E-state index in [1.165, 1.54) is 7.11 Å². The number of aromatic nitrogens is 2. The number of hydrogen-bond acceptors (Lipinski definition) is 3. The lowest BCUT2D eigenvalue weighted by atomic mass is 10.0. The minimum atomic E-state index is -1.21. The maximum absolute atomic E-state index is 14.0. The molecule has 0 N–H and O–H groups in total. The normalized spacial score (nSPS) is 12.0. The minimum absolute atomic E-state index is 0.207. The average Bonchev–Trinajstić information content (AvgIpc) is 3.02.